The molecular formula is C14H11N5O4S. The van der Waals surface area contributed by atoms with Gasteiger partial charge in [-0.2, -0.15) is 5.10 Å². The molecule has 0 saturated heterocycles. The number of para-hydroxylation sites is 2. The Bertz CT molecular complexity index is 958. The zero-order valence-electron chi connectivity index (χ0n) is 12.1. The predicted molar refractivity (Wildman–Crippen MR) is 88.2 cm³/mol. The smallest absolute Gasteiger partial charge is 0.326 e. The Balaban J connectivity index is 1.54. The molecular weight excluding hydrogens is 334 g/mol. The van der Waals surface area contributed by atoms with Gasteiger partial charge in [0.2, 0.25) is 0 Å². The van der Waals surface area contributed by atoms with Crippen molar-refractivity contribution in [2.75, 3.05) is 5.75 Å². The van der Waals surface area contributed by atoms with Gasteiger partial charge in [0.1, 0.15) is 5.52 Å². The van der Waals surface area contributed by atoms with Crippen molar-refractivity contribution >= 4 is 35.0 Å². The van der Waals surface area contributed by atoms with E-state index in [-0.39, 0.29) is 17.4 Å². The first-order valence-electron chi connectivity index (χ1n) is 6.74. The molecule has 10 heteroatoms. The summed E-state index contributed by atoms with van der Waals surface area (Å²) in [5.74, 6) is -0.332. The lowest BCUT2D eigenvalue weighted by molar-refractivity contribution is -0.118. The molecule has 0 atom stereocenters. The normalized spacial score (nSPS) is 11.2. The third-order valence-electron chi connectivity index (χ3n) is 2.78. The van der Waals surface area contributed by atoms with Crippen molar-refractivity contribution in [2.24, 2.45) is 5.10 Å². The number of hydrazone groups is 1. The van der Waals surface area contributed by atoms with Gasteiger partial charge in [-0.15, -0.1) is 0 Å². The van der Waals surface area contributed by atoms with Crippen molar-refractivity contribution in [3.8, 4) is 0 Å². The van der Waals surface area contributed by atoms with Gasteiger partial charge >= 0.3 is 5.69 Å². The SMILES string of the molecule is O=C(CSc1nc2ccccc2o1)N/N=C\c1cc(=O)[nH]c(=O)[nH]1. The first-order valence-corrected chi connectivity index (χ1v) is 7.72. The molecule has 0 fully saturated rings. The van der Waals surface area contributed by atoms with Gasteiger partial charge in [-0.25, -0.2) is 15.2 Å². The van der Waals surface area contributed by atoms with Gasteiger partial charge in [0.25, 0.3) is 16.7 Å². The molecule has 3 N–H and O–H groups in total. The second kappa shape index (κ2) is 6.96. The quantitative estimate of drug-likeness (QED) is 0.349. The highest BCUT2D eigenvalue weighted by Crippen LogP contribution is 2.22. The molecule has 0 radical (unpaired) electrons. The molecule has 0 aliphatic heterocycles. The van der Waals surface area contributed by atoms with Crippen molar-refractivity contribution in [2.45, 2.75) is 5.22 Å². The van der Waals surface area contributed by atoms with E-state index in [1.165, 1.54) is 6.21 Å². The molecule has 122 valence electrons. The Morgan fingerprint density at radius 3 is 2.96 bits per heavy atom. The number of fused-ring (bicyclic) bond motifs is 1. The number of nitrogens with one attached hydrogen (secondary N) is 3. The van der Waals surface area contributed by atoms with Crippen molar-refractivity contribution in [3.63, 3.8) is 0 Å². The summed E-state index contributed by atoms with van der Waals surface area (Å²) in [4.78, 5) is 42.5. The molecule has 1 amide bonds. The molecule has 0 bridgehead atoms. The van der Waals surface area contributed by atoms with E-state index in [1.807, 2.05) is 23.2 Å². The zero-order chi connectivity index (χ0) is 16.9. The van der Waals surface area contributed by atoms with Gasteiger partial charge in [0.05, 0.1) is 17.7 Å². The average Bonchev–Trinajstić information content (AvgIpc) is 2.95. The fraction of sp³-hybridized carbons (Fsp3) is 0.0714. The summed E-state index contributed by atoms with van der Waals surface area (Å²) in [6.07, 6.45) is 1.17. The molecule has 24 heavy (non-hydrogen) atoms. The first kappa shape index (κ1) is 15.7. The van der Waals surface area contributed by atoms with Crippen molar-refractivity contribution in [1.82, 2.24) is 20.4 Å². The second-order valence-electron chi connectivity index (χ2n) is 4.57. The van der Waals surface area contributed by atoms with E-state index in [0.717, 1.165) is 23.3 Å². The lowest BCUT2D eigenvalue weighted by Crippen LogP contribution is -2.24. The molecule has 9 nitrogen and oxygen atoms in total. The largest absolute Gasteiger partial charge is 0.431 e. The number of aromatic nitrogens is 3. The molecule has 1 aromatic carbocycles. The van der Waals surface area contributed by atoms with Crippen LogP contribution in [0, 0.1) is 0 Å². The van der Waals surface area contributed by atoms with Crippen LogP contribution in [0.5, 0.6) is 0 Å². The van der Waals surface area contributed by atoms with Gasteiger partial charge in [0, 0.05) is 6.07 Å². The monoisotopic (exact) mass is 345 g/mol. The molecule has 0 aliphatic carbocycles. The lowest BCUT2D eigenvalue weighted by atomic mass is 10.3. The third-order valence-corrected chi connectivity index (χ3v) is 3.60. The molecule has 3 rings (SSSR count). The van der Waals surface area contributed by atoms with E-state index in [4.69, 9.17) is 4.42 Å². The number of hydrogen-bond acceptors (Lipinski definition) is 7. The number of oxazole rings is 1. The van der Waals surface area contributed by atoms with Gasteiger partial charge in [-0.1, -0.05) is 23.9 Å². The summed E-state index contributed by atoms with van der Waals surface area (Å²) in [5, 5.41) is 4.05. The van der Waals surface area contributed by atoms with Crippen molar-refractivity contribution in [3.05, 3.63) is 56.9 Å². The number of rotatable bonds is 5. The fourth-order valence-corrected chi connectivity index (χ4v) is 2.43. The van der Waals surface area contributed by atoms with Gasteiger partial charge in [0.15, 0.2) is 5.58 Å². The van der Waals surface area contributed by atoms with E-state index in [2.05, 4.69) is 20.5 Å². The molecule has 2 heterocycles. The molecule has 0 unspecified atom stereocenters. The highest BCUT2D eigenvalue weighted by molar-refractivity contribution is 7.99. The Morgan fingerprint density at radius 1 is 1.33 bits per heavy atom. The number of amides is 1. The summed E-state index contributed by atoms with van der Waals surface area (Å²) in [7, 11) is 0. The van der Waals surface area contributed by atoms with E-state index < -0.39 is 11.2 Å². The van der Waals surface area contributed by atoms with Crippen LogP contribution in [0.3, 0.4) is 0 Å². The lowest BCUT2D eigenvalue weighted by Gasteiger charge is -1.97. The number of carbonyl (C=O) groups excluding carboxylic acids is 1. The highest BCUT2D eigenvalue weighted by atomic mass is 32.2. The van der Waals surface area contributed by atoms with Crippen molar-refractivity contribution < 1.29 is 9.21 Å². The molecule has 0 spiro atoms. The minimum absolute atomic E-state index is 0.0516. The van der Waals surface area contributed by atoms with Crippen molar-refractivity contribution in [1.29, 1.82) is 0 Å². The molecule has 0 aliphatic rings. The van der Waals surface area contributed by atoms with Crippen LogP contribution in [0.4, 0.5) is 0 Å². The predicted octanol–water partition coefficient (Wildman–Crippen LogP) is 0.447. The number of benzene rings is 1. The third kappa shape index (κ3) is 3.98. The fourth-order valence-electron chi connectivity index (χ4n) is 1.80. The topological polar surface area (TPSA) is 133 Å². The van der Waals surface area contributed by atoms with E-state index >= 15 is 0 Å². The average molecular weight is 345 g/mol. The maximum atomic E-state index is 11.7. The van der Waals surface area contributed by atoms with Gasteiger partial charge in [-0.05, 0) is 12.1 Å². The molecule has 2 aromatic heterocycles. The first-order chi connectivity index (χ1) is 11.6. The van der Waals surface area contributed by atoms with E-state index in [0.29, 0.717) is 10.8 Å². The minimum Gasteiger partial charge on any atom is -0.431 e. The molecule has 0 saturated carbocycles. The Kier molecular flexibility index (Phi) is 4.57. The Hall–Kier alpha value is -3.14. The number of nitrogens with zero attached hydrogens (tertiary/aromatic N) is 2. The maximum Gasteiger partial charge on any atom is 0.326 e. The van der Waals surface area contributed by atoms with E-state index in [1.54, 1.807) is 6.07 Å². The minimum atomic E-state index is -0.651. The van der Waals surface area contributed by atoms with Gasteiger partial charge in [-0.3, -0.25) is 14.6 Å². The summed E-state index contributed by atoms with van der Waals surface area (Å²) in [6.45, 7) is 0. The Labute approximate surface area is 138 Å². The second-order valence-corrected chi connectivity index (χ2v) is 5.50. The maximum absolute atomic E-state index is 11.7. The summed E-state index contributed by atoms with van der Waals surface area (Å²) in [6, 6.07) is 8.43. The summed E-state index contributed by atoms with van der Waals surface area (Å²) in [5.41, 5.74) is 2.62. The summed E-state index contributed by atoms with van der Waals surface area (Å²) >= 11 is 1.13. The number of H-pyrrole nitrogens is 2. The van der Waals surface area contributed by atoms with Crippen LogP contribution >= 0.6 is 11.8 Å². The van der Waals surface area contributed by atoms with Crippen LogP contribution in [0.25, 0.3) is 11.1 Å². The zero-order valence-corrected chi connectivity index (χ0v) is 12.9. The van der Waals surface area contributed by atoms with Crippen LogP contribution in [-0.2, 0) is 4.79 Å². The van der Waals surface area contributed by atoms with Crippen LogP contribution in [0.2, 0.25) is 0 Å². The standard InChI is InChI=1S/C14H11N5O4S/c20-11-5-8(16-13(22)18-11)6-15-19-12(21)7-24-14-17-9-3-1-2-4-10(9)23-14/h1-6H,7H2,(H,19,21)(H2,16,18,20,22)/b15-6-. The van der Waals surface area contributed by atoms with Crippen LogP contribution in [-0.4, -0.2) is 32.8 Å². The highest BCUT2D eigenvalue weighted by Gasteiger charge is 2.08. The Morgan fingerprint density at radius 2 is 2.17 bits per heavy atom. The van der Waals surface area contributed by atoms with Crippen LogP contribution in [0.15, 0.2) is 54.7 Å². The van der Waals surface area contributed by atoms with Gasteiger partial charge < -0.3 is 9.40 Å². The van der Waals surface area contributed by atoms with Crippen LogP contribution < -0.4 is 16.7 Å². The summed E-state index contributed by atoms with van der Waals surface area (Å²) < 4.78 is 5.47. The number of hydrogen-bond donors (Lipinski definition) is 3. The number of aromatic amines is 2. The number of carbonyl (C=O) groups is 1. The van der Waals surface area contributed by atoms with Crippen LogP contribution in [0.1, 0.15) is 5.69 Å². The number of thioether (sulfide) groups is 1. The molecule has 3 aromatic rings. The van der Waals surface area contributed by atoms with E-state index in [9.17, 15) is 14.4 Å².